The fourth-order valence-corrected chi connectivity index (χ4v) is 3.74. The number of rotatable bonds is 2. The Morgan fingerprint density at radius 3 is 1.46 bits per heavy atom. The van der Waals surface area contributed by atoms with Gasteiger partial charge in [0.2, 0.25) is 0 Å². The molecule has 2 N–H and O–H groups in total. The lowest BCUT2D eigenvalue weighted by atomic mass is 9.75. The molecule has 0 bridgehead atoms. The van der Waals surface area contributed by atoms with E-state index < -0.39 is 0 Å². The van der Waals surface area contributed by atoms with Gasteiger partial charge in [0.05, 0.1) is 5.71 Å². The van der Waals surface area contributed by atoms with Gasteiger partial charge in [-0.1, -0.05) is 78.7 Å². The number of oxime groups is 1. The highest BCUT2D eigenvalue weighted by Gasteiger charge is 2.39. The van der Waals surface area contributed by atoms with Crippen molar-refractivity contribution in [1.29, 1.82) is 0 Å². The van der Waals surface area contributed by atoms with Crippen LogP contribution in [-0.4, -0.2) is 10.9 Å². The van der Waals surface area contributed by atoms with Gasteiger partial charge in [-0.15, -0.1) is 0 Å². The van der Waals surface area contributed by atoms with E-state index in [1.807, 2.05) is 0 Å². The monoisotopic (exact) mass is 322 g/mol. The van der Waals surface area contributed by atoms with Crippen molar-refractivity contribution in [2.75, 3.05) is 0 Å². The first-order valence-corrected chi connectivity index (χ1v) is 8.62. The topological polar surface area (TPSA) is 44.6 Å². The summed E-state index contributed by atoms with van der Waals surface area (Å²) in [6.07, 6.45) is 0. The maximum Gasteiger partial charge on any atom is 0.0664 e. The van der Waals surface area contributed by atoms with Gasteiger partial charge in [-0.05, 0) is 25.0 Å². The SMILES string of the molecule is Cc1ccc([C@H]2N[C@@H](c3ccc(C)cc3)[C@@H](C)C(=NO)[C@@H]2C)cc1. The molecule has 3 rings (SSSR count). The maximum absolute atomic E-state index is 9.61. The van der Waals surface area contributed by atoms with E-state index in [2.05, 4.69) is 86.7 Å². The van der Waals surface area contributed by atoms with Crippen molar-refractivity contribution < 1.29 is 5.21 Å². The summed E-state index contributed by atoms with van der Waals surface area (Å²) in [5.41, 5.74) is 5.84. The highest BCUT2D eigenvalue weighted by molar-refractivity contribution is 5.90. The molecule has 24 heavy (non-hydrogen) atoms. The summed E-state index contributed by atoms with van der Waals surface area (Å²) in [4.78, 5) is 0. The fraction of sp³-hybridized carbons (Fsp3) is 0.381. The molecule has 0 aromatic heterocycles. The van der Waals surface area contributed by atoms with Gasteiger partial charge < -0.3 is 10.5 Å². The lowest BCUT2D eigenvalue weighted by molar-refractivity contribution is 0.271. The van der Waals surface area contributed by atoms with Crippen molar-refractivity contribution in [2.24, 2.45) is 17.0 Å². The minimum absolute atomic E-state index is 0.138. The van der Waals surface area contributed by atoms with Gasteiger partial charge in [-0.2, -0.15) is 0 Å². The molecule has 3 nitrogen and oxygen atoms in total. The number of nitrogens with zero attached hydrogens (tertiary/aromatic N) is 1. The normalized spacial score (nSPS) is 28.9. The molecule has 1 aliphatic heterocycles. The molecule has 1 aliphatic rings. The van der Waals surface area contributed by atoms with Crippen molar-refractivity contribution in [3.63, 3.8) is 0 Å². The predicted octanol–water partition coefficient (Wildman–Crippen LogP) is 4.79. The zero-order valence-corrected chi connectivity index (χ0v) is 14.8. The highest BCUT2D eigenvalue weighted by atomic mass is 16.4. The van der Waals surface area contributed by atoms with E-state index in [0.717, 1.165) is 5.71 Å². The lowest BCUT2D eigenvalue weighted by Crippen LogP contribution is -2.46. The third-order valence-electron chi connectivity index (χ3n) is 5.28. The van der Waals surface area contributed by atoms with E-state index in [1.165, 1.54) is 22.3 Å². The largest absolute Gasteiger partial charge is 0.411 e. The number of aryl methyl sites for hydroxylation is 2. The number of benzene rings is 2. The summed E-state index contributed by atoms with van der Waals surface area (Å²) in [6.45, 7) is 8.46. The Kier molecular flexibility index (Phi) is 4.72. The molecule has 3 heteroatoms. The van der Waals surface area contributed by atoms with Crippen molar-refractivity contribution >= 4 is 5.71 Å². The Labute approximate surface area is 144 Å². The molecule has 2 aromatic carbocycles. The fourth-order valence-electron chi connectivity index (χ4n) is 3.74. The van der Waals surface area contributed by atoms with E-state index in [9.17, 15) is 5.21 Å². The molecule has 0 radical (unpaired) electrons. The number of hydrogen-bond acceptors (Lipinski definition) is 3. The highest BCUT2D eigenvalue weighted by Crippen LogP contribution is 2.38. The Bertz CT molecular complexity index is 659. The van der Waals surface area contributed by atoms with Gasteiger partial charge >= 0.3 is 0 Å². The minimum Gasteiger partial charge on any atom is -0.411 e. The van der Waals surface area contributed by atoms with E-state index >= 15 is 0 Å². The molecule has 0 saturated carbocycles. The van der Waals surface area contributed by atoms with Gasteiger partial charge in [0.15, 0.2) is 0 Å². The molecular weight excluding hydrogens is 296 g/mol. The van der Waals surface area contributed by atoms with Crippen LogP contribution in [0.3, 0.4) is 0 Å². The molecule has 0 amide bonds. The minimum atomic E-state index is 0.138. The second kappa shape index (κ2) is 6.78. The van der Waals surface area contributed by atoms with Crippen LogP contribution in [0.4, 0.5) is 0 Å². The summed E-state index contributed by atoms with van der Waals surface area (Å²) < 4.78 is 0. The predicted molar refractivity (Wildman–Crippen MR) is 98.5 cm³/mol. The molecule has 126 valence electrons. The third kappa shape index (κ3) is 3.09. The van der Waals surface area contributed by atoms with Crippen molar-refractivity contribution in [3.8, 4) is 0 Å². The van der Waals surface area contributed by atoms with Gasteiger partial charge in [-0.3, -0.25) is 0 Å². The zero-order chi connectivity index (χ0) is 17.3. The van der Waals surface area contributed by atoms with E-state index in [4.69, 9.17) is 0 Å². The second-order valence-corrected chi connectivity index (χ2v) is 7.05. The van der Waals surface area contributed by atoms with Crippen LogP contribution in [0, 0.1) is 25.7 Å². The first-order valence-electron chi connectivity index (χ1n) is 8.62. The number of nitrogens with one attached hydrogen (secondary N) is 1. The van der Waals surface area contributed by atoms with Gasteiger partial charge in [0.1, 0.15) is 0 Å². The van der Waals surface area contributed by atoms with Gasteiger partial charge in [-0.25, -0.2) is 0 Å². The smallest absolute Gasteiger partial charge is 0.0664 e. The molecule has 0 unspecified atom stereocenters. The van der Waals surface area contributed by atoms with Gasteiger partial charge in [0.25, 0.3) is 0 Å². The van der Waals surface area contributed by atoms with E-state index in [-0.39, 0.29) is 23.9 Å². The summed E-state index contributed by atoms with van der Waals surface area (Å²) in [5, 5.41) is 17.1. The van der Waals surface area contributed by atoms with Crippen LogP contribution < -0.4 is 5.32 Å². The van der Waals surface area contributed by atoms with Crippen LogP contribution in [0.5, 0.6) is 0 Å². The molecule has 0 spiro atoms. The molecule has 0 aliphatic carbocycles. The van der Waals surface area contributed by atoms with E-state index in [0.29, 0.717) is 0 Å². The third-order valence-corrected chi connectivity index (χ3v) is 5.28. The Hall–Kier alpha value is -2.13. The standard InChI is InChI=1S/C21H26N2O/c1-13-5-9-17(10-6-13)20-15(3)19(23-24)16(4)21(22-20)18-11-7-14(2)8-12-18/h5-12,15-16,20-22,24H,1-4H3/t15-,16-,20-,21+/m0/s1. The second-order valence-electron chi connectivity index (χ2n) is 7.05. The lowest BCUT2D eigenvalue weighted by Gasteiger charge is -2.41. The van der Waals surface area contributed by atoms with Crippen molar-refractivity contribution in [2.45, 2.75) is 39.8 Å². The average Bonchev–Trinajstić information content (AvgIpc) is 2.58. The van der Waals surface area contributed by atoms with Crippen LogP contribution in [-0.2, 0) is 0 Å². The molecule has 1 heterocycles. The molecule has 4 atom stereocenters. The first kappa shape index (κ1) is 16.7. The summed E-state index contributed by atoms with van der Waals surface area (Å²) in [7, 11) is 0. The molecule has 2 aromatic rings. The molecule has 1 fully saturated rings. The van der Waals surface area contributed by atoms with Gasteiger partial charge in [0, 0.05) is 23.9 Å². The summed E-state index contributed by atoms with van der Waals surface area (Å²) in [6, 6.07) is 17.5. The Morgan fingerprint density at radius 1 is 0.750 bits per heavy atom. The average molecular weight is 322 g/mol. The maximum atomic E-state index is 9.61. The Balaban J connectivity index is 1.98. The van der Waals surface area contributed by atoms with Crippen LogP contribution in [0.15, 0.2) is 53.7 Å². The van der Waals surface area contributed by atoms with Crippen LogP contribution in [0.2, 0.25) is 0 Å². The zero-order valence-electron chi connectivity index (χ0n) is 14.8. The molecule has 1 saturated heterocycles. The summed E-state index contributed by atoms with van der Waals surface area (Å²) in [5.74, 6) is 0.295. The molecular formula is C21H26N2O. The Morgan fingerprint density at radius 2 is 1.12 bits per heavy atom. The summed E-state index contributed by atoms with van der Waals surface area (Å²) >= 11 is 0. The number of hydrogen-bond donors (Lipinski definition) is 2. The van der Waals surface area contributed by atoms with Crippen LogP contribution in [0.1, 0.15) is 48.2 Å². The number of piperidine rings is 1. The van der Waals surface area contributed by atoms with Crippen LogP contribution in [0.25, 0.3) is 0 Å². The van der Waals surface area contributed by atoms with Crippen LogP contribution >= 0.6 is 0 Å². The van der Waals surface area contributed by atoms with Crippen molar-refractivity contribution in [3.05, 3.63) is 70.8 Å². The van der Waals surface area contributed by atoms with E-state index in [1.54, 1.807) is 0 Å². The first-order chi connectivity index (χ1) is 11.5. The van der Waals surface area contributed by atoms with Crippen molar-refractivity contribution in [1.82, 2.24) is 5.32 Å². The quantitative estimate of drug-likeness (QED) is 0.616.